The maximum Gasteiger partial charge on any atom is 0.339 e. The molecule has 0 unspecified atom stereocenters. The lowest BCUT2D eigenvalue weighted by Crippen LogP contribution is -2.31. The molecule has 0 saturated carbocycles. The first-order valence-corrected chi connectivity index (χ1v) is 6.35. The number of urea groups is 1. The lowest BCUT2D eigenvalue weighted by molar-refractivity contribution is 0.0698. The van der Waals surface area contributed by atoms with E-state index in [1.165, 1.54) is 23.2 Å². The normalized spacial score (nSPS) is 10.0. The number of halogens is 1. The van der Waals surface area contributed by atoms with Crippen molar-refractivity contribution in [1.29, 1.82) is 0 Å². The highest BCUT2D eigenvalue weighted by atomic mass is 35.5. The van der Waals surface area contributed by atoms with Gasteiger partial charge in [-0.05, 0) is 24.3 Å². The van der Waals surface area contributed by atoms with Gasteiger partial charge in [0.25, 0.3) is 0 Å². The second-order valence-corrected chi connectivity index (χ2v) is 4.58. The van der Waals surface area contributed by atoms with Crippen molar-refractivity contribution in [3.8, 4) is 0 Å². The average Bonchev–Trinajstić information content (AvgIpc) is 2.47. The topological polar surface area (TPSA) is 82.5 Å². The van der Waals surface area contributed by atoms with E-state index in [0.717, 1.165) is 0 Å². The molecule has 0 aliphatic rings. The molecule has 1 heterocycles. The van der Waals surface area contributed by atoms with Crippen LogP contribution in [0, 0.1) is 0 Å². The number of amides is 2. The molecule has 1 aromatic carbocycles. The van der Waals surface area contributed by atoms with Gasteiger partial charge >= 0.3 is 12.0 Å². The van der Waals surface area contributed by atoms with Crippen LogP contribution < -0.4 is 10.2 Å². The summed E-state index contributed by atoms with van der Waals surface area (Å²) in [6.45, 7) is 0. The highest BCUT2D eigenvalue weighted by molar-refractivity contribution is 6.34. The number of carboxylic acid groups (broad SMARTS) is 1. The molecule has 21 heavy (non-hydrogen) atoms. The molecule has 0 saturated heterocycles. The van der Waals surface area contributed by atoms with Crippen molar-refractivity contribution in [3.63, 3.8) is 0 Å². The summed E-state index contributed by atoms with van der Waals surface area (Å²) in [6.07, 6.45) is 3.12. The van der Waals surface area contributed by atoms with Crippen LogP contribution in [0.25, 0.3) is 0 Å². The molecule has 7 heteroatoms. The monoisotopic (exact) mass is 305 g/mol. The molecular formula is C14H12ClN3O3. The number of pyridine rings is 1. The van der Waals surface area contributed by atoms with Gasteiger partial charge in [-0.15, -0.1) is 0 Å². The number of aromatic nitrogens is 1. The molecule has 0 spiro atoms. The van der Waals surface area contributed by atoms with Gasteiger partial charge in [0.05, 0.1) is 22.6 Å². The molecule has 0 aliphatic carbocycles. The molecule has 0 fully saturated rings. The van der Waals surface area contributed by atoms with Gasteiger partial charge in [-0.1, -0.05) is 17.7 Å². The third-order valence-corrected chi connectivity index (χ3v) is 3.12. The van der Waals surface area contributed by atoms with E-state index >= 15 is 0 Å². The SMILES string of the molecule is CN(C(=O)Nc1cccc(Cl)c1C(=O)O)c1cccnc1. The van der Waals surface area contributed by atoms with Gasteiger partial charge in [-0.3, -0.25) is 9.88 Å². The highest BCUT2D eigenvalue weighted by Gasteiger charge is 2.18. The van der Waals surface area contributed by atoms with Crippen molar-refractivity contribution in [3.05, 3.63) is 53.3 Å². The summed E-state index contributed by atoms with van der Waals surface area (Å²) >= 11 is 5.85. The Morgan fingerprint density at radius 1 is 1.29 bits per heavy atom. The third-order valence-electron chi connectivity index (χ3n) is 2.81. The Hall–Kier alpha value is -2.60. The van der Waals surface area contributed by atoms with E-state index in [1.807, 2.05) is 0 Å². The number of carboxylic acids is 1. The van der Waals surface area contributed by atoms with Crippen LogP contribution in [-0.2, 0) is 0 Å². The summed E-state index contributed by atoms with van der Waals surface area (Å²) in [5, 5.41) is 11.7. The van der Waals surface area contributed by atoms with Gasteiger partial charge in [0.15, 0.2) is 0 Å². The fraction of sp³-hybridized carbons (Fsp3) is 0.0714. The van der Waals surface area contributed by atoms with Crippen molar-refractivity contribution >= 4 is 35.0 Å². The zero-order chi connectivity index (χ0) is 15.4. The minimum atomic E-state index is -1.21. The van der Waals surface area contributed by atoms with E-state index in [-0.39, 0.29) is 16.3 Å². The van der Waals surface area contributed by atoms with Crippen molar-refractivity contribution in [2.45, 2.75) is 0 Å². The fourth-order valence-corrected chi connectivity index (χ4v) is 1.97. The Labute approximate surface area is 126 Å². The van der Waals surface area contributed by atoms with Gasteiger partial charge in [0.2, 0.25) is 0 Å². The number of nitrogens with one attached hydrogen (secondary N) is 1. The quantitative estimate of drug-likeness (QED) is 0.912. The average molecular weight is 306 g/mol. The summed E-state index contributed by atoms with van der Waals surface area (Å²) in [5.41, 5.74) is 0.566. The largest absolute Gasteiger partial charge is 0.478 e. The van der Waals surface area contributed by atoms with Gasteiger partial charge < -0.3 is 10.4 Å². The zero-order valence-electron chi connectivity index (χ0n) is 11.1. The van der Waals surface area contributed by atoms with Gasteiger partial charge in [0, 0.05) is 13.2 Å². The number of benzene rings is 1. The molecule has 1 aromatic heterocycles. The second kappa shape index (κ2) is 6.23. The number of nitrogens with zero attached hydrogens (tertiary/aromatic N) is 2. The number of anilines is 2. The van der Waals surface area contributed by atoms with E-state index in [0.29, 0.717) is 5.69 Å². The van der Waals surface area contributed by atoms with Gasteiger partial charge in [-0.2, -0.15) is 0 Å². The predicted octanol–water partition coefficient (Wildman–Crippen LogP) is 3.10. The first-order chi connectivity index (χ1) is 10.0. The van der Waals surface area contributed by atoms with E-state index in [1.54, 1.807) is 31.4 Å². The summed E-state index contributed by atoms with van der Waals surface area (Å²) in [7, 11) is 1.55. The number of hydrogen-bond acceptors (Lipinski definition) is 3. The van der Waals surface area contributed by atoms with Crippen LogP contribution in [0.15, 0.2) is 42.7 Å². The minimum absolute atomic E-state index is 0.0596. The maximum atomic E-state index is 12.2. The minimum Gasteiger partial charge on any atom is -0.478 e. The number of rotatable bonds is 3. The van der Waals surface area contributed by atoms with Crippen LogP contribution in [0.1, 0.15) is 10.4 Å². The molecule has 2 amide bonds. The molecule has 6 nitrogen and oxygen atoms in total. The number of aromatic carboxylic acids is 1. The van der Waals surface area contributed by atoms with Crippen LogP contribution >= 0.6 is 11.6 Å². The summed E-state index contributed by atoms with van der Waals surface area (Å²) in [4.78, 5) is 28.6. The summed E-state index contributed by atoms with van der Waals surface area (Å²) in [6, 6.07) is 7.40. The van der Waals surface area contributed by atoms with E-state index in [9.17, 15) is 9.59 Å². The third kappa shape index (κ3) is 3.29. The van der Waals surface area contributed by atoms with Crippen LogP contribution in [0.4, 0.5) is 16.2 Å². The van der Waals surface area contributed by atoms with Gasteiger partial charge in [-0.25, -0.2) is 9.59 Å². The van der Waals surface area contributed by atoms with E-state index < -0.39 is 12.0 Å². The second-order valence-electron chi connectivity index (χ2n) is 4.17. The van der Waals surface area contributed by atoms with Crippen molar-refractivity contribution in [1.82, 2.24) is 4.98 Å². The standard InChI is InChI=1S/C14H12ClN3O3/c1-18(9-4-3-7-16-8-9)14(21)17-11-6-2-5-10(15)12(11)13(19)20/h2-8H,1H3,(H,17,21)(H,19,20). The molecule has 0 aliphatic heterocycles. The first-order valence-electron chi connectivity index (χ1n) is 5.97. The van der Waals surface area contributed by atoms with Crippen LogP contribution in [-0.4, -0.2) is 29.1 Å². The number of carbonyl (C=O) groups is 2. The summed E-state index contributed by atoms with van der Waals surface area (Å²) in [5.74, 6) is -1.21. The lowest BCUT2D eigenvalue weighted by atomic mass is 10.2. The Bertz CT molecular complexity index is 676. The predicted molar refractivity (Wildman–Crippen MR) is 80.1 cm³/mol. The molecule has 0 radical (unpaired) electrons. The van der Waals surface area contributed by atoms with Crippen molar-refractivity contribution in [2.24, 2.45) is 0 Å². The number of hydrogen-bond donors (Lipinski definition) is 2. The van der Waals surface area contributed by atoms with Gasteiger partial charge in [0.1, 0.15) is 5.56 Å². The van der Waals surface area contributed by atoms with Crippen LogP contribution in [0.3, 0.4) is 0 Å². The first kappa shape index (κ1) is 14.8. The molecule has 108 valence electrons. The molecular weight excluding hydrogens is 294 g/mol. The van der Waals surface area contributed by atoms with E-state index in [4.69, 9.17) is 16.7 Å². The van der Waals surface area contributed by atoms with Crippen LogP contribution in [0.5, 0.6) is 0 Å². The molecule has 0 bridgehead atoms. The number of carbonyl (C=O) groups excluding carboxylic acids is 1. The molecule has 2 rings (SSSR count). The molecule has 2 aromatic rings. The molecule has 2 N–H and O–H groups in total. The summed E-state index contributed by atoms with van der Waals surface area (Å²) < 4.78 is 0. The fourth-order valence-electron chi connectivity index (χ4n) is 1.71. The maximum absolute atomic E-state index is 12.2. The van der Waals surface area contributed by atoms with Crippen LogP contribution in [0.2, 0.25) is 5.02 Å². The smallest absolute Gasteiger partial charge is 0.339 e. The Kier molecular flexibility index (Phi) is 4.39. The van der Waals surface area contributed by atoms with Crippen molar-refractivity contribution < 1.29 is 14.7 Å². The Balaban J connectivity index is 2.25. The molecule has 0 atom stereocenters. The Morgan fingerprint density at radius 3 is 2.67 bits per heavy atom. The highest BCUT2D eigenvalue weighted by Crippen LogP contribution is 2.25. The van der Waals surface area contributed by atoms with Crippen molar-refractivity contribution in [2.75, 3.05) is 17.3 Å². The Morgan fingerprint density at radius 2 is 2.05 bits per heavy atom. The lowest BCUT2D eigenvalue weighted by Gasteiger charge is -2.18. The van der Waals surface area contributed by atoms with E-state index in [2.05, 4.69) is 10.3 Å². The zero-order valence-corrected chi connectivity index (χ0v) is 11.8.